The first-order chi connectivity index (χ1) is 7.01. The number of carbonyl (C=O) groups excluding carboxylic acids is 2. The van der Waals surface area contributed by atoms with Crippen LogP contribution in [0, 0.1) is 0 Å². The number of carboxylic acids is 2. The van der Waals surface area contributed by atoms with E-state index in [-0.39, 0.29) is 34.6 Å². The summed E-state index contributed by atoms with van der Waals surface area (Å²) in [5, 5.41) is 37.3. The average Bonchev–Trinajstić information content (AvgIpc) is 2.18. The van der Waals surface area contributed by atoms with Crippen molar-refractivity contribution in [3.8, 4) is 0 Å². The largest absolute Gasteiger partial charge is 2.00 e. The summed E-state index contributed by atoms with van der Waals surface area (Å²) in [5.41, 5.74) is -3.31. The predicted molar refractivity (Wildman–Crippen MR) is 51.8 cm³/mol. The molecule has 0 saturated heterocycles. The zero-order valence-electron chi connectivity index (χ0n) is 10.4. The molecule has 0 aliphatic heterocycles. The Labute approximate surface area is 116 Å². The summed E-state index contributed by atoms with van der Waals surface area (Å²) < 4.78 is 0. The molecule has 0 bridgehead atoms. The fraction of sp³-hybridized carbons (Fsp3) is 0.800. The normalized spacial score (nSPS) is 16.4. The van der Waals surface area contributed by atoms with E-state index < -0.39 is 23.1 Å². The summed E-state index contributed by atoms with van der Waals surface area (Å²) >= 11 is 0. The van der Waals surface area contributed by atoms with E-state index in [1.807, 2.05) is 0 Å². The van der Waals surface area contributed by atoms with E-state index in [0.29, 0.717) is 0 Å². The van der Waals surface area contributed by atoms with E-state index in [1.165, 1.54) is 13.8 Å². The molecule has 0 radical (unpaired) electrons. The zero-order chi connectivity index (χ0) is 13.6. The van der Waals surface area contributed by atoms with Crippen molar-refractivity contribution in [2.75, 3.05) is 0 Å². The van der Waals surface area contributed by atoms with Crippen LogP contribution in [0.4, 0.5) is 0 Å². The summed E-state index contributed by atoms with van der Waals surface area (Å²) in [6.45, 7) is 5.58. The summed E-state index contributed by atoms with van der Waals surface area (Å²) in [6, 6.07) is 0. The molecule has 0 aromatic carbocycles. The number of hydrogen-bond donors (Lipinski definition) is 2. The molecule has 0 spiro atoms. The Morgan fingerprint density at radius 2 is 1.12 bits per heavy atom. The van der Waals surface area contributed by atoms with Gasteiger partial charge in [0.2, 0.25) is 0 Å². The Hall–Kier alpha value is -0.426. The Morgan fingerprint density at radius 1 is 0.941 bits per heavy atom. The second-order valence-electron chi connectivity index (χ2n) is 3.83. The van der Waals surface area contributed by atoms with Crippen LogP contribution in [-0.2, 0) is 31.3 Å². The first-order valence-corrected chi connectivity index (χ1v) is 4.89. The summed E-state index contributed by atoms with van der Waals surface area (Å²) in [4.78, 5) is 19.8. The third-order valence-corrected chi connectivity index (χ3v) is 2.26. The minimum absolute atomic E-state index is 0. The van der Waals surface area contributed by atoms with Gasteiger partial charge in [0.15, 0.2) is 0 Å². The van der Waals surface area contributed by atoms with Gasteiger partial charge in [-0.25, -0.2) is 0 Å². The molecule has 2 atom stereocenters. The Bertz CT molecular complexity index is 223. The maximum absolute atomic E-state index is 9.89. The molecule has 0 rings (SSSR count). The molecule has 0 amide bonds. The third kappa shape index (κ3) is 9.29. The molecule has 6 nitrogen and oxygen atoms in total. The molecule has 0 heterocycles. The van der Waals surface area contributed by atoms with Gasteiger partial charge < -0.3 is 30.0 Å². The molecule has 2 N–H and O–H groups in total. The van der Waals surface area contributed by atoms with Gasteiger partial charge in [-0.05, 0) is 26.7 Å². The summed E-state index contributed by atoms with van der Waals surface area (Å²) in [7, 11) is 0. The zero-order valence-corrected chi connectivity index (χ0v) is 12.0. The standard InChI is InChI=1S/2C5H10O3.Ti/c2*1-3-5(2,8)4(6)7;/h2*8H,3H2,1-2H3,(H,6,7);/q;;+2/p-2. The first-order valence-electron chi connectivity index (χ1n) is 4.89. The molecule has 98 valence electrons. The van der Waals surface area contributed by atoms with Crippen LogP contribution < -0.4 is 10.2 Å². The third-order valence-electron chi connectivity index (χ3n) is 2.26. The molecule has 0 aliphatic carbocycles. The molecule has 17 heavy (non-hydrogen) atoms. The van der Waals surface area contributed by atoms with Crippen molar-refractivity contribution in [1.82, 2.24) is 0 Å². The van der Waals surface area contributed by atoms with E-state index in [4.69, 9.17) is 10.2 Å². The van der Waals surface area contributed by atoms with Crippen molar-refractivity contribution in [2.45, 2.75) is 51.7 Å². The molecule has 0 aliphatic rings. The van der Waals surface area contributed by atoms with Crippen LogP contribution in [0.25, 0.3) is 0 Å². The van der Waals surface area contributed by atoms with E-state index in [9.17, 15) is 19.8 Å². The van der Waals surface area contributed by atoms with Crippen LogP contribution in [0.15, 0.2) is 0 Å². The second kappa shape index (κ2) is 8.63. The Morgan fingerprint density at radius 3 is 1.12 bits per heavy atom. The number of aliphatic carboxylic acids is 2. The van der Waals surface area contributed by atoms with Gasteiger partial charge in [0, 0.05) is 0 Å². The molecule has 0 fully saturated rings. The number of carbonyl (C=O) groups is 2. The van der Waals surface area contributed by atoms with Crippen LogP contribution in [0.5, 0.6) is 0 Å². The van der Waals surface area contributed by atoms with Crippen molar-refractivity contribution >= 4 is 11.9 Å². The van der Waals surface area contributed by atoms with Gasteiger partial charge in [-0.3, -0.25) is 0 Å². The van der Waals surface area contributed by atoms with E-state index in [2.05, 4.69) is 0 Å². The molecule has 0 saturated carbocycles. The molecule has 2 unspecified atom stereocenters. The van der Waals surface area contributed by atoms with Crippen LogP contribution in [0.1, 0.15) is 40.5 Å². The van der Waals surface area contributed by atoms with Crippen molar-refractivity contribution in [2.24, 2.45) is 0 Å². The van der Waals surface area contributed by atoms with E-state index >= 15 is 0 Å². The fourth-order valence-electron chi connectivity index (χ4n) is 0.289. The number of hydrogen-bond acceptors (Lipinski definition) is 6. The quantitative estimate of drug-likeness (QED) is 0.564. The predicted octanol–water partition coefficient (Wildman–Crippen LogP) is -2.21. The van der Waals surface area contributed by atoms with Crippen LogP contribution in [0.3, 0.4) is 0 Å². The molecule has 0 aromatic rings. The van der Waals surface area contributed by atoms with Gasteiger partial charge in [-0.15, -0.1) is 0 Å². The van der Waals surface area contributed by atoms with Gasteiger partial charge in [0.1, 0.15) is 11.2 Å². The fourth-order valence-corrected chi connectivity index (χ4v) is 0.289. The second-order valence-corrected chi connectivity index (χ2v) is 3.83. The monoisotopic (exact) mass is 282 g/mol. The maximum atomic E-state index is 9.89. The first kappa shape index (κ1) is 21.8. The SMILES string of the molecule is CCC(C)(O)C(=O)[O-].CCC(C)(O)C(=O)[O-].[Ti+2]. The van der Waals surface area contributed by atoms with Crippen molar-refractivity contribution in [1.29, 1.82) is 0 Å². The summed E-state index contributed by atoms with van der Waals surface area (Å²) in [6.07, 6.45) is 0.352. The van der Waals surface area contributed by atoms with Gasteiger partial charge in [0.25, 0.3) is 0 Å². The Balaban J connectivity index is -0.000000218. The van der Waals surface area contributed by atoms with Crippen molar-refractivity contribution in [3.05, 3.63) is 0 Å². The Kier molecular flexibility index (Phi) is 11.1. The molecular formula is C10H18O6Ti. The minimum Gasteiger partial charge on any atom is -0.547 e. The van der Waals surface area contributed by atoms with E-state index in [0.717, 1.165) is 0 Å². The van der Waals surface area contributed by atoms with Gasteiger partial charge in [-0.2, -0.15) is 0 Å². The summed E-state index contributed by atoms with van der Waals surface area (Å²) in [5.74, 6) is -2.83. The van der Waals surface area contributed by atoms with Crippen LogP contribution in [-0.4, -0.2) is 33.4 Å². The van der Waals surface area contributed by atoms with Gasteiger partial charge in [-0.1, -0.05) is 13.8 Å². The number of aliphatic hydroxyl groups is 2. The molecule has 0 aromatic heterocycles. The van der Waals surface area contributed by atoms with Crippen LogP contribution >= 0.6 is 0 Å². The number of carboxylic acid groups (broad SMARTS) is 2. The van der Waals surface area contributed by atoms with Gasteiger partial charge in [0.05, 0.1) is 11.9 Å². The average molecular weight is 282 g/mol. The number of rotatable bonds is 4. The van der Waals surface area contributed by atoms with E-state index in [1.54, 1.807) is 13.8 Å². The van der Waals surface area contributed by atoms with Gasteiger partial charge >= 0.3 is 21.7 Å². The molecular weight excluding hydrogens is 264 g/mol. The smallest absolute Gasteiger partial charge is 0.547 e. The van der Waals surface area contributed by atoms with Crippen LogP contribution in [0.2, 0.25) is 0 Å². The van der Waals surface area contributed by atoms with Crippen molar-refractivity contribution < 1.29 is 51.7 Å². The van der Waals surface area contributed by atoms with Crippen molar-refractivity contribution in [3.63, 3.8) is 0 Å². The topological polar surface area (TPSA) is 121 Å². The minimum atomic E-state index is -1.65. The molecule has 7 heteroatoms. The maximum Gasteiger partial charge on any atom is 2.00 e.